The Morgan fingerprint density at radius 1 is 1.11 bits per heavy atom. The van der Waals surface area contributed by atoms with E-state index in [0.29, 0.717) is 22.3 Å². The average molecular weight is 424 g/mol. The van der Waals surface area contributed by atoms with E-state index in [1.807, 2.05) is 25.1 Å². The molecule has 0 aliphatic carbocycles. The van der Waals surface area contributed by atoms with Gasteiger partial charge in [0, 0.05) is 25.3 Å². The van der Waals surface area contributed by atoms with Crippen LogP contribution in [-0.2, 0) is 10.0 Å². The van der Waals surface area contributed by atoms with Crippen molar-refractivity contribution in [2.24, 2.45) is 0 Å². The number of sulfonamides is 1. The lowest BCUT2D eigenvalue weighted by Crippen LogP contribution is -2.31. The SMILES string of the molecule is COc1ccc(OC)c([C@@H](C)NC(=S)Nc2cccc(S(=O)(=O)N(C)C)c2)c1. The van der Waals surface area contributed by atoms with Crippen LogP contribution in [0.4, 0.5) is 5.69 Å². The fourth-order valence-corrected chi connectivity index (χ4v) is 3.81. The van der Waals surface area contributed by atoms with Gasteiger partial charge in [0.25, 0.3) is 0 Å². The molecule has 28 heavy (non-hydrogen) atoms. The van der Waals surface area contributed by atoms with Crippen molar-refractivity contribution in [2.75, 3.05) is 33.6 Å². The first-order valence-electron chi connectivity index (χ1n) is 8.51. The molecule has 7 nitrogen and oxygen atoms in total. The monoisotopic (exact) mass is 423 g/mol. The number of thiocarbonyl (C=S) groups is 1. The highest BCUT2D eigenvalue weighted by Gasteiger charge is 2.18. The second kappa shape index (κ2) is 9.22. The molecule has 0 bridgehead atoms. The zero-order valence-corrected chi connectivity index (χ0v) is 18.1. The highest BCUT2D eigenvalue weighted by molar-refractivity contribution is 7.89. The topological polar surface area (TPSA) is 79.9 Å². The molecule has 0 heterocycles. The van der Waals surface area contributed by atoms with Gasteiger partial charge in [-0.05, 0) is 55.5 Å². The van der Waals surface area contributed by atoms with E-state index in [1.54, 1.807) is 38.5 Å². The second-order valence-electron chi connectivity index (χ2n) is 6.24. The van der Waals surface area contributed by atoms with Crippen LogP contribution in [0.3, 0.4) is 0 Å². The molecule has 0 radical (unpaired) electrons. The van der Waals surface area contributed by atoms with E-state index in [2.05, 4.69) is 10.6 Å². The van der Waals surface area contributed by atoms with Crippen molar-refractivity contribution in [1.82, 2.24) is 9.62 Å². The molecule has 9 heteroatoms. The van der Waals surface area contributed by atoms with E-state index in [0.717, 1.165) is 5.56 Å². The number of benzene rings is 2. The van der Waals surface area contributed by atoms with Crippen LogP contribution in [0.5, 0.6) is 11.5 Å². The summed E-state index contributed by atoms with van der Waals surface area (Å²) in [5, 5.41) is 6.56. The lowest BCUT2D eigenvalue weighted by atomic mass is 10.1. The quantitative estimate of drug-likeness (QED) is 0.663. The average Bonchev–Trinajstić information content (AvgIpc) is 2.67. The molecule has 2 rings (SSSR count). The number of anilines is 1. The summed E-state index contributed by atoms with van der Waals surface area (Å²) in [6.07, 6.45) is 0. The molecule has 0 saturated carbocycles. The highest BCUT2D eigenvalue weighted by atomic mass is 32.2. The fraction of sp³-hybridized carbons (Fsp3) is 0.316. The van der Waals surface area contributed by atoms with Crippen molar-refractivity contribution >= 4 is 33.0 Å². The maximum absolute atomic E-state index is 12.3. The molecule has 0 unspecified atom stereocenters. The Kier molecular flexibility index (Phi) is 7.22. The summed E-state index contributed by atoms with van der Waals surface area (Å²) >= 11 is 5.39. The Bertz CT molecular complexity index is 946. The van der Waals surface area contributed by atoms with Gasteiger partial charge in [0.05, 0.1) is 25.2 Å². The lowest BCUT2D eigenvalue weighted by Gasteiger charge is -2.20. The number of nitrogens with zero attached hydrogens (tertiary/aromatic N) is 1. The standard InChI is InChI=1S/C19H25N3O4S2/c1-13(17-12-15(25-4)9-10-18(17)26-5)20-19(27)21-14-7-6-8-16(11-14)28(23,24)22(2)3/h6-13H,1-5H3,(H2,20,21,27)/t13-/m1/s1. The van der Waals surface area contributed by atoms with Crippen LogP contribution in [0.1, 0.15) is 18.5 Å². The van der Waals surface area contributed by atoms with Gasteiger partial charge >= 0.3 is 0 Å². The fourth-order valence-electron chi connectivity index (χ4n) is 2.56. The van der Waals surface area contributed by atoms with Gasteiger partial charge in [-0.25, -0.2) is 12.7 Å². The highest BCUT2D eigenvalue weighted by Crippen LogP contribution is 2.29. The molecule has 152 valence electrons. The first-order valence-corrected chi connectivity index (χ1v) is 10.4. The third kappa shape index (κ3) is 5.12. The minimum atomic E-state index is -3.52. The molecule has 2 aromatic carbocycles. The largest absolute Gasteiger partial charge is 0.497 e. The van der Waals surface area contributed by atoms with E-state index in [9.17, 15) is 8.42 Å². The van der Waals surface area contributed by atoms with Gasteiger partial charge in [0.2, 0.25) is 10.0 Å². The number of rotatable bonds is 7. The van der Waals surface area contributed by atoms with Gasteiger partial charge in [-0.3, -0.25) is 0 Å². The maximum atomic E-state index is 12.3. The molecule has 0 saturated heterocycles. The lowest BCUT2D eigenvalue weighted by molar-refractivity contribution is 0.395. The summed E-state index contributed by atoms with van der Waals surface area (Å²) in [6, 6.07) is 11.9. The minimum Gasteiger partial charge on any atom is -0.497 e. The molecular formula is C19H25N3O4S2. The van der Waals surface area contributed by atoms with Gasteiger partial charge in [-0.15, -0.1) is 0 Å². The molecule has 0 fully saturated rings. The van der Waals surface area contributed by atoms with Crippen LogP contribution in [-0.4, -0.2) is 46.2 Å². The first kappa shape index (κ1) is 21.9. The van der Waals surface area contributed by atoms with Gasteiger partial charge < -0.3 is 20.1 Å². The second-order valence-corrected chi connectivity index (χ2v) is 8.80. The van der Waals surface area contributed by atoms with Crippen molar-refractivity contribution in [3.63, 3.8) is 0 Å². The normalized spacial score (nSPS) is 12.4. The molecule has 0 aliphatic heterocycles. The predicted octanol–water partition coefficient (Wildman–Crippen LogP) is 3.00. The van der Waals surface area contributed by atoms with E-state index < -0.39 is 10.0 Å². The third-order valence-electron chi connectivity index (χ3n) is 4.12. The van der Waals surface area contributed by atoms with Crippen LogP contribution in [0, 0.1) is 0 Å². The Morgan fingerprint density at radius 3 is 2.43 bits per heavy atom. The Morgan fingerprint density at radius 2 is 1.82 bits per heavy atom. The first-order chi connectivity index (χ1) is 13.2. The summed E-state index contributed by atoms with van der Waals surface area (Å²) in [4.78, 5) is 0.188. The third-order valence-corrected chi connectivity index (χ3v) is 6.15. The van der Waals surface area contributed by atoms with Crippen molar-refractivity contribution < 1.29 is 17.9 Å². The van der Waals surface area contributed by atoms with Crippen LogP contribution < -0.4 is 20.1 Å². The van der Waals surface area contributed by atoms with Crippen molar-refractivity contribution in [3.8, 4) is 11.5 Å². The molecule has 0 amide bonds. The number of hydrogen-bond acceptors (Lipinski definition) is 5. The van der Waals surface area contributed by atoms with Gasteiger partial charge in [0.15, 0.2) is 5.11 Å². The number of ether oxygens (including phenoxy) is 2. The van der Waals surface area contributed by atoms with E-state index in [4.69, 9.17) is 21.7 Å². The van der Waals surface area contributed by atoms with Crippen molar-refractivity contribution in [3.05, 3.63) is 48.0 Å². The zero-order chi connectivity index (χ0) is 20.9. The summed E-state index contributed by atoms with van der Waals surface area (Å²) in [7, 11) is 2.67. The smallest absolute Gasteiger partial charge is 0.242 e. The number of hydrogen-bond donors (Lipinski definition) is 2. The summed E-state index contributed by atoms with van der Waals surface area (Å²) in [6.45, 7) is 1.94. The van der Waals surface area contributed by atoms with Crippen LogP contribution in [0.2, 0.25) is 0 Å². The Labute approximate surface area is 171 Å². The Balaban J connectivity index is 2.15. The van der Waals surface area contributed by atoms with Crippen molar-refractivity contribution in [2.45, 2.75) is 17.9 Å². The van der Waals surface area contributed by atoms with Gasteiger partial charge in [0.1, 0.15) is 11.5 Å². The van der Waals surface area contributed by atoms with Gasteiger partial charge in [-0.1, -0.05) is 6.07 Å². The molecule has 2 aromatic rings. The molecule has 0 aromatic heterocycles. The minimum absolute atomic E-state index is 0.168. The number of nitrogens with one attached hydrogen (secondary N) is 2. The van der Waals surface area contributed by atoms with Crippen molar-refractivity contribution in [1.29, 1.82) is 0 Å². The zero-order valence-electron chi connectivity index (χ0n) is 16.5. The molecule has 2 N–H and O–H groups in total. The predicted molar refractivity (Wildman–Crippen MR) is 115 cm³/mol. The molecule has 0 aliphatic rings. The Hall–Kier alpha value is -2.36. The van der Waals surface area contributed by atoms with Crippen LogP contribution in [0.15, 0.2) is 47.4 Å². The molecule has 1 atom stereocenters. The summed E-state index contributed by atoms with van der Waals surface area (Å²) in [5.41, 5.74) is 1.46. The van der Waals surface area contributed by atoms with E-state index in [-0.39, 0.29) is 10.9 Å². The summed E-state index contributed by atoms with van der Waals surface area (Å²) < 4.78 is 36.4. The van der Waals surface area contributed by atoms with Crippen LogP contribution >= 0.6 is 12.2 Å². The maximum Gasteiger partial charge on any atom is 0.242 e. The van der Waals surface area contributed by atoms with E-state index in [1.165, 1.54) is 18.4 Å². The van der Waals surface area contributed by atoms with Gasteiger partial charge in [-0.2, -0.15) is 0 Å². The molecular weight excluding hydrogens is 398 g/mol. The van der Waals surface area contributed by atoms with E-state index >= 15 is 0 Å². The molecule has 0 spiro atoms. The summed E-state index contributed by atoms with van der Waals surface area (Å²) in [5.74, 6) is 1.42. The van der Waals surface area contributed by atoms with Crippen LogP contribution in [0.25, 0.3) is 0 Å². The number of methoxy groups -OCH3 is 2.